The maximum absolute atomic E-state index is 12.1. The maximum atomic E-state index is 12.1. The van der Waals surface area contributed by atoms with E-state index in [0.717, 1.165) is 0 Å². The van der Waals surface area contributed by atoms with Crippen molar-refractivity contribution in [2.45, 2.75) is 46.2 Å². The van der Waals surface area contributed by atoms with Crippen molar-refractivity contribution in [2.75, 3.05) is 18.5 Å². The normalized spacial score (nSPS) is 11.8. The Morgan fingerprint density at radius 1 is 1.25 bits per heavy atom. The zero-order valence-electron chi connectivity index (χ0n) is 12.1. The fourth-order valence-corrected chi connectivity index (χ4v) is 1.51. The lowest BCUT2D eigenvalue weighted by Crippen LogP contribution is -2.15. The minimum absolute atomic E-state index is 0.0676. The molecule has 0 unspecified atom stereocenters. The van der Waals surface area contributed by atoms with Gasteiger partial charge in [-0.1, -0.05) is 13.8 Å². The van der Waals surface area contributed by atoms with Gasteiger partial charge < -0.3 is 10.1 Å². The second-order valence-corrected chi connectivity index (χ2v) is 4.76. The van der Waals surface area contributed by atoms with Crippen LogP contribution in [0.1, 0.15) is 44.5 Å². The van der Waals surface area contributed by atoms with Gasteiger partial charge in [-0.2, -0.15) is 18.2 Å². The molecule has 0 aromatic carbocycles. The fraction of sp³-hybridized carbons (Fsp3) is 0.692. The molecule has 0 spiro atoms. The SMILES string of the molecule is CCNc1nc(C(C)C)nc(OCCC(F)(F)F)c1C. The zero-order valence-corrected chi connectivity index (χ0v) is 12.1. The number of aromatic nitrogens is 2. The van der Waals surface area contributed by atoms with E-state index in [0.29, 0.717) is 23.8 Å². The van der Waals surface area contributed by atoms with Crippen molar-refractivity contribution in [3.8, 4) is 5.88 Å². The van der Waals surface area contributed by atoms with Crippen molar-refractivity contribution in [2.24, 2.45) is 0 Å². The van der Waals surface area contributed by atoms with E-state index in [-0.39, 0.29) is 11.8 Å². The summed E-state index contributed by atoms with van der Waals surface area (Å²) in [4.78, 5) is 8.55. The molecule has 1 rings (SSSR count). The molecule has 20 heavy (non-hydrogen) atoms. The minimum Gasteiger partial charge on any atom is -0.477 e. The van der Waals surface area contributed by atoms with Crippen LogP contribution in [-0.4, -0.2) is 29.3 Å². The highest BCUT2D eigenvalue weighted by Gasteiger charge is 2.27. The lowest BCUT2D eigenvalue weighted by atomic mass is 10.2. The van der Waals surface area contributed by atoms with E-state index in [2.05, 4.69) is 15.3 Å². The highest BCUT2D eigenvalue weighted by atomic mass is 19.4. The molecule has 0 fully saturated rings. The number of alkyl halides is 3. The average Bonchev–Trinajstić information content (AvgIpc) is 2.32. The molecule has 114 valence electrons. The Kier molecular flexibility index (Phi) is 5.59. The van der Waals surface area contributed by atoms with Crippen LogP contribution in [0.4, 0.5) is 19.0 Å². The van der Waals surface area contributed by atoms with E-state index < -0.39 is 19.2 Å². The van der Waals surface area contributed by atoms with Gasteiger partial charge in [-0.3, -0.25) is 0 Å². The van der Waals surface area contributed by atoms with Gasteiger partial charge >= 0.3 is 6.18 Å². The Balaban J connectivity index is 2.92. The topological polar surface area (TPSA) is 47.0 Å². The first-order chi connectivity index (χ1) is 9.24. The average molecular weight is 291 g/mol. The number of hydrogen-bond acceptors (Lipinski definition) is 4. The van der Waals surface area contributed by atoms with E-state index in [4.69, 9.17) is 4.74 Å². The van der Waals surface area contributed by atoms with Gasteiger partial charge in [0.05, 0.1) is 18.6 Å². The minimum atomic E-state index is -4.23. The Labute approximate surface area is 116 Å². The lowest BCUT2D eigenvalue weighted by Gasteiger charge is -2.15. The second kappa shape index (κ2) is 6.76. The predicted molar refractivity (Wildman–Crippen MR) is 71.2 cm³/mol. The molecular weight excluding hydrogens is 271 g/mol. The summed E-state index contributed by atoms with van der Waals surface area (Å²) in [5, 5.41) is 3.06. The molecular formula is C13H20F3N3O. The van der Waals surface area contributed by atoms with Crippen LogP contribution in [0.15, 0.2) is 0 Å². The maximum Gasteiger partial charge on any atom is 0.392 e. The van der Waals surface area contributed by atoms with Gasteiger partial charge in [0.1, 0.15) is 11.6 Å². The number of hydrogen-bond donors (Lipinski definition) is 1. The fourth-order valence-electron chi connectivity index (χ4n) is 1.51. The van der Waals surface area contributed by atoms with E-state index in [1.807, 2.05) is 20.8 Å². The third-order valence-corrected chi connectivity index (χ3v) is 2.60. The number of halogens is 3. The second-order valence-electron chi connectivity index (χ2n) is 4.76. The van der Waals surface area contributed by atoms with Gasteiger partial charge in [-0.05, 0) is 13.8 Å². The van der Waals surface area contributed by atoms with E-state index in [1.54, 1.807) is 6.92 Å². The van der Waals surface area contributed by atoms with Crippen LogP contribution in [0.3, 0.4) is 0 Å². The highest BCUT2D eigenvalue weighted by Crippen LogP contribution is 2.26. The summed E-state index contributed by atoms with van der Waals surface area (Å²) >= 11 is 0. The molecule has 0 aliphatic rings. The van der Waals surface area contributed by atoms with Crippen molar-refractivity contribution in [1.29, 1.82) is 0 Å². The molecule has 0 atom stereocenters. The molecule has 1 aromatic heterocycles. The van der Waals surface area contributed by atoms with Crippen LogP contribution in [0.5, 0.6) is 5.88 Å². The monoisotopic (exact) mass is 291 g/mol. The summed E-state index contributed by atoms with van der Waals surface area (Å²) in [5.41, 5.74) is 0.624. The van der Waals surface area contributed by atoms with Gasteiger partial charge in [0.15, 0.2) is 0 Å². The number of nitrogens with one attached hydrogen (secondary N) is 1. The van der Waals surface area contributed by atoms with E-state index in [9.17, 15) is 13.2 Å². The van der Waals surface area contributed by atoms with Gasteiger partial charge in [0.2, 0.25) is 5.88 Å². The number of ether oxygens (including phenoxy) is 1. The first-order valence-corrected chi connectivity index (χ1v) is 6.56. The Morgan fingerprint density at radius 3 is 2.40 bits per heavy atom. The number of rotatable bonds is 6. The third kappa shape index (κ3) is 4.86. The molecule has 0 bridgehead atoms. The lowest BCUT2D eigenvalue weighted by molar-refractivity contribution is -0.139. The first-order valence-electron chi connectivity index (χ1n) is 6.56. The molecule has 0 saturated carbocycles. The highest BCUT2D eigenvalue weighted by molar-refractivity contribution is 5.48. The quantitative estimate of drug-likeness (QED) is 0.868. The van der Waals surface area contributed by atoms with Crippen molar-refractivity contribution >= 4 is 5.82 Å². The van der Waals surface area contributed by atoms with Crippen LogP contribution in [-0.2, 0) is 0 Å². The zero-order chi connectivity index (χ0) is 15.3. The predicted octanol–water partition coefficient (Wildman–Crippen LogP) is 3.67. The van der Waals surface area contributed by atoms with Crippen LogP contribution in [0, 0.1) is 6.92 Å². The first kappa shape index (κ1) is 16.5. The van der Waals surface area contributed by atoms with Gasteiger partial charge in [-0.15, -0.1) is 0 Å². The third-order valence-electron chi connectivity index (χ3n) is 2.60. The van der Waals surface area contributed by atoms with E-state index >= 15 is 0 Å². The van der Waals surface area contributed by atoms with Crippen molar-refractivity contribution in [3.63, 3.8) is 0 Å². The van der Waals surface area contributed by atoms with Crippen molar-refractivity contribution < 1.29 is 17.9 Å². The Hall–Kier alpha value is -1.53. The standard InChI is InChI=1S/C13H20F3N3O/c1-5-17-11-9(4)12(19-10(18-11)8(2)3)20-7-6-13(14,15)16/h8H,5-7H2,1-4H3,(H,17,18,19). The molecule has 0 aliphatic heterocycles. The van der Waals surface area contributed by atoms with Crippen molar-refractivity contribution in [1.82, 2.24) is 9.97 Å². The van der Waals surface area contributed by atoms with Gasteiger partial charge in [0, 0.05) is 12.5 Å². The summed E-state index contributed by atoms with van der Waals surface area (Å²) in [6, 6.07) is 0. The van der Waals surface area contributed by atoms with E-state index in [1.165, 1.54) is 0 Å². The molecule has 4 nitrogen and oxygen atoms in total. The van der Waals surface area contributed by atoms with Crippen LogP contribution in [0.25, 0.3) is 0 Å². The van der Waals surface area contributed by atoms with Gasteiger partial charge in [0.25, 0.3) is 0 Å². The molecule has 1 N–H and O–H groups in total. The summed E-state index contributed by atoms with van der Waals surface area (Å²) in [7, 11) is 0. The smallest absolute Gasteiger partial charge is 0.392 e. The molecule has 1 aromatic rings. The summed E-state index contributed by atoms with van der Waals surface area (Å²) in [6.45, 7) is 7.70. The molecule has 0 amide bonds. The van der Waals surface area contributed by atoms with Crippen LogP contribution >= 0.6 is 0 Å². The molecule has 0 radical (unpaired) electrons. The Morgan fingerprint density at radius 2 is 1.90 bits per heavy atom. The molecule has 7 heteroatoms. The van der Waals surface area contributed by atoms with Gasteiger partial charge in [-0.25, -0.2) is 4.98 Å². The molecule has 0 saturated heterocycles. The largest absolute Gasteiger partial charge is 0.477 e. The van der Waals surface area contributed by atoms with Crippen LogP contribution in [0.2, 0.25) is 0 Å². The van der Waals surface area contributed by atoms with Crippen molar-refractivity contribution in [3.05, 3.63) is 11.4 Å². The Bertz CT molecular complexity index is 447. The number of nitrogens with zero attached hydrogens (tertiary/aromatic N) is 2. The summed E-state index contributed by atoms with van der Waals surface area (Å²) < 4.78 is 41.6. The summed E-state index contributed by atoms with van der Waals surface area (Å²) in [6.07, 6.45) is -5.23. The molecule has 0 aliphatic carbocycles. The van der Waals surface area contributed by atoms with Crippen LogP contribution < -0.4 is 10.1 Å². The molecule has 1 heterocycles. The summed E-state index contributed by atoms with van der Waals surface area (Å²) in [5.74, 6) is 1.43. The number of anilines is 1.